The van der Waals surface area contributed by atoms with E-state index in [2.05, 4.69) is 0 Å². The van der Waals surface area contributed by atoms with Crippen LogP contribution in [0.4, 0.5) is 5.69 Å². The minimum absolute atomic E-state index is 0.0330. The molecule has 0 radical (unpaired) electrons. The maximum atomic E-state index is 11.8. The average Bonchev–Trinajstić information content (AvgIpc) is 2.34. The molecule has 1 aromatic rings. The molecule has 0 aliphatic rings. The fourth-order valence-corrected chi connectivity index (χ4v) is 1.28. The number of carbonyl (C=O) groups excluding carboxylic acids is 1. The summed E-state index contributed by atoms with van der Waals surface area (Å²) < 4.78 is 10.1. The number of ether oxygens (including phenoxy) is 2. The molecule has 0 saturated heterocycles. The first-order chi connectivity index (χ1) is 8.10. The van der Waals surface area contributed by atoms with E-state index in [-0.39, 0.29) is 24.7 Å². The third kappa shape index (κ3) is 3.35. The van der Waals surface area contributed by atoms with E-state index in [4.69, 9.17) is 20.3 Å². The topological polar surface area (TPSA) is 81.8 Å². The van der Waals surface area contributed by atoms with E-state index >= 15 is 0 Å². The summed E-state index contributed by atoms with van der Waals surface area (Å²) in [5, 5.41) is 8.83. The Balaban J connectivity index is 2.81. The van der Waals surface area contributed by atoms with E-state index in [1.807, 2.05) is 0 Å². The third-order valence-corrected chi connectivity index (χ3v) is 2.29. The van der Waals surface area contributed by atoms with Crippen molar-refractivity contribution in [3.8, 4) is 5.75 Å². The van der Waals surface area contributed by atoms with Gasteiger partial charge in [-0.25, -0.2) is 4.79 Å². The molecule has 0 fully saturated rings. The number of anilines is 1. The zero-order chi connectivity index (χ0) is 12.8. The van der Waals surface area contributed by atoms with Gasteiger partial charge in [-0.15, -0.1) is 0 Å². The molecule has 0 aliphatic carbocycles. The Labute approximate surface area is 100 Å². The van der Waals surface area contributed by atoms with Crippen molar-refractivity contribution >= 4 is 11.7 Å². The van der Waals surface area contributed by atoms with Crippen molar-refractivity contribution in [2.75, 3.05) is 26.1 Å². The molecule has 0 heterocycles. The van der Waals surface area contributed by atoms with Gasteiger partial charge in [-0.05, 0) is 12.1 Å². The van der Waals surface area contributed by atoms with Crippen molar-refractivity contribution in [1.29, 1.82) is 0 Å². The second kappa shape index (κ2) is 6.10. The third-order valence-electron chi connectivity index (χ3n) is 2.29. The summed E-state index contributed by atoms with van der Waals surface area (Å²) in [5.74, 6) is -0.262. The minimum Gasteiger partial charge on any atom is -0.496 e. The van der Waals surface area contributed by atoms with E-state index in [9.17, 15) is 4.79 Å². The van der Waals surface area contributed by atoms with E-state index in [1.54, 1.807) is 25.1 Å². The van der Waals surface area contributed by atoms with Crippen LogP contribution in [-0.4, -0.2) is 31.4 Å². The van der Waals surface area contributed by atoms with Crippen molar-refractivity contribution in [2.45, 2.75) is 6.92 Å². The van der Waals surface area contributed by atoms with Crippen LogP contribution >= 0.6 is 0 Å². The number of nitrogen functional groups attached to an aromatic ring is 1. The van der Waals surface area contributed by atoms with Gasteiger partial charge in [0, 0.05) is 18.2 Å². The molecule has 0 saturated carbocycles. The molecule has 5 nitrogen and oxygen atoms in total. The number of hydrogen-bond donors (Lipinski definition) is 2. The molecule has 0 aliphatic heterocycles. The van der Waals surface area contributed by atoms with Gasteiger partial charge in [-0.2, -0.15) is 0 Å². The fourth-order valence-electron chi connectivity index (χ4n) is 1.28. The van der Waals surface area contributed by atoms with Crippen molar-refractivity contribution in [3.63, 3.8) is 0 Å². The molecule has 0 aromatic heterocycles. The van der Waals surface area contributed by atoms with Crippen LogP contribution in [0.3, 0.4) is 0 Å². The Morgan fingerprint density at radius 1 is 1.53 bits per heavy atom. The lowest BCUT2D eigenvalue weighted by Crippen LogP contribution is -2.16. The number of esters is 1. The lowest BCUT2D eigenvalue weighted by atomic mass is 10.1. The molecule has 1 aromatic carbocycles. The zero-order valence-corrected chi connectivity index (χ0v) is 9.97. The summed E-state index contributed by atoms with van der Waals surface area (Å²) in [7, 11) is 1.46. The Hall–Kier alpha value is -1.75. The van der Waals surface area contributed by atoms with Crippen LogP contribution in [0.15, 0.2) is 18.2 Å². The number of nitrogens with two attached hydrogens (primary N) is 1. The van der Waals surface area contributed by atoms with E-state index in [0.717, 1.165) is 0 Å². The second-order valence-electron chi connectivity index (χ2n) is 3.81. The van der Waals surface area contributed by atoms with Crippen molar-refractivity contribution in [3.05, 3.63) is 23.8 Å². The molecule has 3 N–H and O–H groups in total. The minimum atomic E-state index is -0.541. The number of benzene rings is 1. The zero-order valence-electron chi connectivity index (χ0n) is 9.97. The monoisotopic (exact) mass is 239 g/mol. The summed E-state index contributed by atoms with van der Waals surface area (Å²) in [6.07, 6.45) is 0. The lowest BCUT2D eigenvalue weighted by molar-refractivity contribution is 0.0403. The highest BCUT2D eigenvalue weighted by Gasteiger charge is 2.17. The van der Waals surface area contributed by atoms with Crippen LogP contribution in [0, 0.1) is 5.92 Å². The number of hydrogen-bond acceptors (Lipinski definition) is 5. The molecule has 17 heavy (non-hydrogen) atoms. The maximum Gasteiger partial charge on any atom is 0.344 e. The Morgan fingerprint density at radius 2 is 2.24 bits per heavy atom. The Kier molecular flexibility index (Phi) is 4.78. The Bertz CT molecular complexity index is 392. The number of aliphatic hydroxyl groups excluding tert-OH is 1. The first-order valence-electron chi connectivity index (χ1n) is 5.30. The van der Waals surface area contributed by atoms with Gasteiger partial charge >= 0.3 is 5.97 Å². The van der Waals surface area contributed by atoms with Crippen LogP contribution in [0.1, 0.15) is 17.3 Å². The number of carbonyl (C=O) groups is 1. The quantitative estimate of drug-likeness (QED) is 0.593. The van der Waals surface area contributed by atoms with Crippen LogP contribution in [-0.2, 0) is 4.74 Å². The molecule has 5 heteroatoms. The van der Waals surface area contributed by atoms with E-state index < -0.39 is 5.97 Å². The molecule has 1 rings (SSSR count). The highest BCUT2D eigenvalue weighted by Crippen LogP contribution is 2.24. The predicted molar refractivity (Wildman–Crippen MR) is 63.9 cm³/mol. The van der Waals surface area contributed by atoms with Gasteiger partial charge in [0.1, 0.15) is 11.3 Å². The van der Waals surface area contributed by atoms with Gasteiger partial charge < -0.3 is 20.3 Å². The molecular formula is C12H17NO4. The molecule has 1 atom stereocenters. The van der Waals surface area contributed by atoms with Crippen LogP contribution in [0.2, 0.25) is 0 Å². The predicted octanol–water partition coefficient (Wildman–Crippen LogP) is 1.06. The molecule has 1 unspecified atom stereocenters. The largest absolute Gasteiger partial charge is 0.496 e. The Morgan fingerprint density at radius 3 is 2.82 bits per heavy atom. The summed E-state index contributed by atoms with van der Waals surface area (Å²) in [4.78, 5) is 11.8. The molecule has 0 spiro atoms. The molecule has 94 valence electrons. The van der Waals surface area contributed by atoms with Gasteiger partial charge in [-0.1, -0.05) is 13.0 Å². The summed E-state index contributed by atoms with van der Waals surface area (Å²) in [5.41, 5.74) is 6.24. The van der Waals surface area contributed by atoms with E-state index in [0.29, 0.717) is 11.4 Å². The van der Waals surface area contributed by atoms with Gasteiger partial charge in [0.05, 0.1) is 13.7 Å². The lowest BCUT2D eigenvalue weighted by Gasteiger charge is -2.12. The van der Waals surface area contributed by atoms with Crippen molar-refractivity contribution in [2.24, 2.45) is 5.92 Å². The number of aliphatic hydroxyl groups is 1. The maximum absolute atomic E-state index is 11.8. The number of rotatable bonds is 5. The summed E-state index contributed by atoms with van der Waals surface area (Å²) in [6, 6.07) is 4.94. The van der Waals surface area contributed by atoms with Gasteiger partial charge in [0.25, 0.3) is 0 Å². The van der Waals surface area contributed by atoms with Crippen molar-refractivity contribution in [1.82, 2.24) is 0 Å². The average molecular weight is 239 g/mol. The first-order valence-corrected chi connectivity index (χ1v) is 5.30. The van der Waals surface area contributed by atoms with Crippen LogP contribution < -0.4 is 10.5 Å². The molecule has 0 bridgehead atoms. The SMILES string of the molecule is COc1cccc(N)c1C(=O)OCC(C)CO. The van der Waals surface area contributed by atoms with Gasteiger partial charge in [0.15, 0.2) is 0 Å². The van der Waals surface area contributed by atoms with Gasteiger partial charge in [-0.3, -0.25) is 0 Å². The molecular weight excluding hydrogens is 222 g/mol. The fraction of sp³-hybridized carbons (Fsp3) is 0.417. The summed E-state index contributed by atoms with van der Waals surface area (Å²) in [6.45, 7) is 1.89. The van der Waals surface area contributed by atoms with Gasteiger partial charge in [0.2, 0.25) is 0 Å². The van der Waals surface area contributed by atoms with Crippen LogP contribution in [0.5, 0.6) is 5.75 Å². The highest BCUT2D eigenvalue weighted by atomic mass is 16.5. The van der Waals surface area contributed by atoms with E-state index in [1.165, 1.54) is 7.11 Å². The first kappa shape index (κ1) is 13.3. The highest BCUT2D eigenvalue weighted by molar-refractivity contribution is 5.98. The summed E-state index contributed by atoms with van der Waals surface area (Å²) >= 11 is 0. The van der Waals surface area contributed by atoms with Crippen molar-refractivity contribution < 1.29 is 19.4 Å². The second-order valence-corrected chi connectivity index (χ2v) is 3.81. The smallest absolute Gasteiger partial charge is 0.344 e. The standard InChI is InChI=1S/C12H17NO4/c1-8(6-14)7-17-12(15)11-9(13)4-3-5-10(11)16-2/h3-5,8,14H,6-7,13H2,1-2H3. The number of methoxy groups -OCH3 is 1. The van der Waals surface area contributed by atoms with Crippen LogP contribution in [0.25, 0.3) is 0 Å². The normalized spacial score (nSPS) is 11.9. The molecule has 0 amide bonds.